The maximum atomic E-state index is 12.5. The second-order valence-electron chi connectivity index (χ2n) is 8.42. The molecule has 0 aliphatic rings. The average molecular weight is 426 g/mol. The average Bonchev–Trinajstić information content (AvgIpc) is 2.71. The van der Waals surface area contributed by atoms with E-state index >= 15 is 0 Å². The van der Waals surface area contributed by atoms with Crippen molar-refractivity contribution in [3.8, 4) is 0 Å². The van der Waals surface area contributed by atoms with E-state index in [1.54, 1.807) is 37.3 Å². The van der Waals surface area contributed by atoms with Gasteiger partial charge in [-0.25, -0.2) is 0 Å². The molecule has 0 spiro atoms. The molecule has 7 heteroatoms. The molecule has 2 aromatic carbocycles. The van der Waals surface area contributed by atoms with E-state index in [1.807, 2.05) is 18.2 Å². The van der Waals surface area contributed by atoms with Gasteiger partial charge in [-0.1, -0.05) is 45.0 Å². The number of benzene rings is 2. The highest BCUT2D eigenvalue weighted by molar-refractivity contribution is 5.97. The van der Waals surface area contributed by atoms with Crippen LogP contribution in [0.5, 0.6) is 0 Å². The van der Waals surface area contributed by atoms with Crippen molar-refractivity contribution in [2.24, 2.45) is 0 Å². The van der Waals surface area contributed by atoms with Crippen LogP contribution in [0.4, 0.5) is 5.69 Å². The third kappa shape index (κ3) is 7.53. The summed E-state index contributed by atoms with van der Waals surface area (Å²) in [7, 11) is 1.45. The minimum Gasteiger partial charge on any atom is -0.375 e. The first-order valence-corrected chi connectivity index (χ1v) is 10.2. The van der Waals surface area contributed by atoms with Gasteiger partial charge in [0.25, 0.3) is 5.91 Å². The summed E-state index contributed by atoms with van der Waals surface area (Å²) in [5, 5.41) is 8.24. The highest BCUT2D eigenvalue weighted by Gasteiger charge is 2.18. The maximum Gasteiger partial charge on any atom is 0.251 e. The Balaban J connectivity index is 1.88. The molecule has 0 aromatic heterocycles. The van der Waals surface area contributed by atoms with Crippen LogP contribution >= 0.6 is 0 Å². The summed E-state index contributed by atoms with van der Waals surface area (Å²) in [5.41, 5.74) is 3.09. The van der Waals surface area contributed by atoms with Crippen LogP contribution in [0.1, 0.15) is 49.2 Å². The van der Waals surface area contributed by atoms with E-state index in [-0.39, 0.29) is 36.3 Å². The molecule has 31 heavy (non-hydrogen) atoms. The monoisotopic (exact) mass is 425 g/mol. The Kier molecular flexibility index (Phi) is 8.33. The fraction of sp³-hybridized carbons (Fsp3) is 0.375. The van der Waals surface area contributed by atoms with Crippen LogP contribution in [-0.2, 0) is 26.3 Å². The first-order chi connectivity index (χ1) is 14.6. The van der Waals surface area contributed by atoms with E-state index in [1.165, 1.54) is 7.11 Å². The molecule has 1 atom stereocenters. The van der Waals surface area contributed by atoms with Gasteiger partial charge in [-0.15, -0.1) is 0 Å². The first kappa shape index (κ1) is 24.1. The number of amides is 3. The quantitative estimate of drug-likeness (QED) is 0.606. The molecular weight excluding hydrogens is 394 g/mol. The van der Waals surface area contributed by atoms with Gasteiger partial charge in [-0.05, 0) is 47.7 Å². The number of anilines is 1. The lowest BCUT2D eigenvalue weighted by molar-refractivity contribution is -0.122. The summed E-state index contributed by atoms with van der Waals surface area (Å²) >= 11 is 0. The van der Waals surface area contributed by atoms with Crippen LogP contribution in [0.15, 0.2) is 48.5 Å². The van der Waals surface area contributed by atoms with Gasteiger partial charge in [0.1, 0.15) is 12.6 Å². The fourth-order valence-corrected chi connectivity index (χ4v) is 2.90. The SMILES string of the molecule is COCC(=O)Nc1cccc(CNC(=O)C(C)NC(=O)c2ccc(C(C)(C)C)cc2)c1. The lowest BCUT2D eigenvalue weighted by Crippen LogP contribution is -2.44. The van der Waals surface area contributed by atoms with E-state index in [4.69, 9.17) is 4.74 Å². The molecule has 0 heterocycles. The Morgan fingerprint density at radius 3 is 2.32 bits per heavy atom. The van der Waals surface area contributed by atoms with Crippen molar-refractivity contribution in [3.63, 3.8) is 0 Å². The smallest absolute Gasteiger partial charge is 0.251 e. The van der Waals surface area contributed by atoms with Crippen molar-refractivity contribution in [2.45, 2.75) is 45.7 Å². The molecule has 1 unspecified atom stereocenters. The number of rotatable bonds is 8. The number of hydrogen-bond donors (Lipinski definition) is 3. The van der Waals surface area contributed by atoms with Gasteiger partial charge >= 0.3 is 0 Å². The number of methoxy groups -OCH3 is 1. The third-order valence-electron chi connectivity index (χ3n) is 4.71. The summed E-state index contributed by atoms with van der Waals surface area (Å²) in [6, 6.07) is 13.9. The number of carbonyl (C=O) groups excluding carboxylic acids is 3. The molecule has 0 bridgehead atoms. The molecule has 3 amide bonds. The number of nitrogens with one attached hydrogen (secondary N) is 3. The van der Waals surface area contributed by atoms with E-state index in [0.717, 1.165) is 11.1 Å². The van der Waals surface area contributed by atoms with Gasteiger partial charge < -0.3 is 20.7 Å². The van der Waals surface area contributed by atoms with Crippen LogP contribution in [0, 0.1) is 0 Å². The minimum absolute atomic E-state index is 0.00603. The van der Waals surface area contributed by atoms with Crippen LogP contribution in [0.2, 0.25) is 0 Å². The van der Waals surface area contributed by atoms with Crippen LogP contribution < -0.4 is 16.0 Å². The van der Waals surface area contributed by atoms with Gasteiger partial charge in [-0.2, -0.15) is 0 Å². The van der Waals surface area contributed by atoms with E-state index in [2.05, 4.69) is 36.7 Å². The van der Waals surface area contributed by atoms with Crippen LogP contribution in [-0.4, -0.2) is 37.5 Å². The molecule has 166 valence electrons. The zero-order chi connectivity index (χ0) is 23.0. The predicted octanol–water partition coefficient (Wildman–Crippen LogP) is 3.00. The summed E-state index contributed by atoms with van der Waals surface area (Å²) in [5.74, 6) is -0.852. The van der Waals surface area contributed by atoms with Gasteiger partial charge in [0.15, 0.2) is 0 Å². The molecule has 0 fully saturated rings. The molecule has 0 saturated carbocycles. The molecule has 0 aliphatic heterocycles. The molecule has 2 rings (SSSR count). The Morgan fingerprint density at radius 2 is 1.71 bits per heavy atom. The lowest BCUT2D eigenvalue weighted by Gasteiger charge is -2.19. The van der Waals surface area contributed by atoms with E-state index in [0.29, 0.717) is 11.3 Å². The highest BCUT2D eigenvalue weighted by Crippen LogP contribution is 2.22. The molecule has 0 aliphatic carbocycles. The van der Waals surface area contributed by atoms with Gasteiger partial charge in [0.05, 0.1) is 0 Å². The second kappa shape index (κ2) is 10.7. The predicted molar refractivity (Wildman–Crippen MR) is 121 cm³/mol. The first-order valence-electron chi connectivity index (χ1n) is 10.2. The van der Waals surface area contributed by atoms with Crippen molar-refractivity contribution in [1.29, 1.82) is 0 Å². The zero-order valence-corrected chi connectivity index (χ0v) is 18.7. The minimum atomic E-state index is -0.695. The molecule has 3 N–H and O–H groups in total. The zero-order valence-electron chi connectivity index (χ0n) is 18.7. The molecule has 2 aromatic rings. The Morgan fingerprint density at radius 1 is 1.03 bits per heavy atom. The topological polar surface area (TPSA) is 96.5 Å². The molecule has 0 saturated heterocycles. The van der Waals surface area contributed by atoms with Crippen molar-refractivity contribution < 1.29 is 19.1 Å². The Hall–Kier alpha value is -3.19. The highest BCUT2D eigenvalue weighted by atomic mass is 16.5. The van der Waals surface area contributed by atoms with Gasteiger partial charge in [0.2, 0.25) is 11.8 Å². The number of carbonyl (C=O) groups is 3. The maximum absolute atomic E-state index is 12.5. The fourth-order valence-electron chi connectivity index (χ4n) is 2.90. The van der Waals surface area contributed by atoms with Crippen molar-refractivity contribution in [2.75, 3.05) is 19.0 Å². The summed E-state index contributed by atoms with van der Waals surface area (Å²) in [4.78, 5) is 36.5. The Bertz CT molecular complexity index is 917. The van der Waals surface area contributed by atoms with Crippen molar-refractivity contribution >= 4 is 23.4 Å². The summed E-state index contributed by atoms with van der Waals surface area (Å²) < 4.78 is 4.79. The van der Waals surface area contributed by atoms with Crippen molar-refractivity contribution in [1.82, 2.24) is 10.6 Å². The lowest BCUT2D eigenvalue weighted by atomic mass is 9.86. The van der Waals surface area contributed by atoms with E-state index < -0.39 is 6.04 Å². The summed E-state index contributed by atoms with van der Waals surface area (Å²) in [6.45, 7) is 8.20. The normalized spacial score (nSPS) is 12.0. The molecule has 7 nitrogen and oxygen atoms in total. The van der Waals surface area contributed by atoms with Crippen LogP contribution in [0.3, 0.4) is 0 Å². The second-order valence-corrected chi connectivity index (χ2v) is 8.42. The molecular formula is C24H31N3O4. The van der Waals surface area contributed by atoms with Gasteiger partial charge in [-0.3, -0.25) is 14.4 Å². The summed E-state index contributed by atoms with van der Waals surface area (Å²) in [6.07, 6.45) is 0. The van der Waals surface area contributed by atoms with Crippen LogP contribution in [0.25, 0.3) is 0 Å². The molecule has 0 radical (unpaired) electrons. The van der Waals surface area contributed by atoms with E-state index in [9.17, 15) is 14.4 Å². The standard InChI is InChI=1S/C24H31N3O4/c1-16(26-23(30)18-9-11-19(12-10-18)24(2,3)4)22(29)25-14-17-7-6-8-20(13-17)27-21(28)15-31-5/h6-13,16H,14-15H2,1-5H3,(H,25,29)(H,26,30)(H,27,28). The third-order valence-corrected chi connectivity index (χ3v) is 4.71. The number of ether oxygens (including phenoxy) is 1. The van der Waals surface area contributed by atoms with Gasteiger partial charge in [0, 0.05) is 24.9 Å². The largest absolute Gasteiger partial charge is 0.375 e. The Labute approximate surface area is 183 Å². The number of hydrogen-bond acceptors (Lipinski definition) is 4. The van der Waals surface area contributed by atoms with Crippen molar-refractivity contribution in [3.05, 3.63) is 65.2 Å².